The predicted octanol–water partition coefficient (Wildman–Crippen LogP) is 2.26. The van der Waals surface area contributed by atoms with Crippen LogP contribution in [0.3, 0.4) is 0 Å². The molecule has 0 amide bonds. The van der Waals surface area contributed by atoms with Crippen LogP contribution in [0.2, 0.25) is 0 Å². The summed E-state index contributed by atoms with van der Waals surface area (Å²) < 4.78 is 25.3. The standard InChI is InChI=1S/C11H13BrFNO2/c1-15-9-5-7(12)4-8(11(9)13)10-6-14-2-3-16-10/h4-5,10,14H,2-3,6H2,1H3. The largest absolute Gasteiger partial charge is 0.494 e. The Balaban J connectivity index is 2.34. The third-order valence-electron chi connectivity index (χ3n) is 2.53. The topological polar surface area (TPSA) is 30.5 Å². The molecule has 1 atom stereocenters. The van der Waals surface area contributed by atoms with Gasteiger partial charge in [-0.25, -0.2) is 4.39 Å². The predicted molar refractivity (Wildman–Crippen MR) is 62.2 cm³/mol. The zero-order valence-electron chi connectivity index (χ0n) is 8.93. The Morgan fingerprint density at radius 3 is 3.00 bits per heavy atom. The van der Waals surface area contributed by atoms with E-state index >= 15 is 0 Å². The summed E-state index contributed by atoms with van der Waals surface area (Å²) in [6, 6.07) is 3.34. The Kier molecular flexibility index (Phi) is 3.78. The van der Waals surface area contributed by atoms with Crippen molar-refractivity contribution >= 4 is 15.9 Å². The lowest BCUT2D eigenvalue weighted by atomic mass is 10.1. The van der Waals surface area contributed by atoms with Crippen molar-refractivity contribution in [3.05, 3.63) is 28.0 Å². The van der Waals surface area contributed by atoms with E-state index in [1.807, 2.05) is 0 Å². The molecule has 1 unspecified atom stereocenters. The minimum atomic E-state index is -0.348. The molecule has 0 spiro atoms. The summed E-state index contributed by atoms with van der Waals surface area (Å²) in [4.78, 5) is 0. The number of hydrogen-bond acceptors (Lipinski definition) is 3. The molecule has 2 rings (SSSR count). The number of ether oxygens (including phenoxy) is 2. The van der Waals surface area contributed by atoms with E-state index in [4.69, 9.17) is 9.47 Å². The summed E-state index contributed by atoms with van der Waals surface area (Å²) in [5, 5.41) is 3.17. The molecule has 0 saturated carbocycles. The van der Waals surface area contributed by atoms with E-state index < -0.39 is 0 Å². The molecule has 0 bridgehead atoms. The van der Waals surface area contributed by atoms with Crippen molar-refractivity contribution in [3.8, 4) is 5.75 Å². The summed E-state index contributed by atoms with van der Waals surface area (Å²) in [6.07, 6.45) is -0.250. The second kappa shape index (κ2) is 5.12. The molecule has 0 aromatic heterocycles. The van der Waals surface area contributed by atoms with Crippen LogP contribution in [0, 0.1) is 5.82 Å². The van der Waals surface area contributed by atoms with Gasteiger partial charge >= 0.3 is 0 Å². The molecule has 1 aromatic rings. The minimum Gasteiger partial charge on any atom is -0.494 e. The molecular weight excluding hydrogens is 277 g/mol. The summed E-state index contributed by atoms with van der Waals surface area (Å²) in [5.41, 5.74) is 0.526. The van der Waals surface area contributed by atoms with Crippen molar-refractivity contribution in [2.75, 3.05) is 26.8 Å². The van der Waals surface area contributed by atoms with Gasteiger partial charge in [0.15, 0.2) is 11.6 Å². The van der Waals surface area contributed by atoms with Gasteiger partial charge < -0.3 is 14.8 Å². The van der Waals surface area contributed by atoms with E-state index in [1.165, 1.54) is 7.11 Å². The Labute approximate surface area is 102 Å². The molecule has 1 aliphatic heterocycles. The quantitative estimate of drug-likeness (QED) is 0.906. The van der Waals surface area contributed by atoms with Crippen LogP contribution >= 0.6 is 15.9 Å². The fourth-order valence-corrected chi connectivity index (χ4v) is 2.19. The van der Waals surface area contributed by atoms with Gasteiger partial charge in [-0.15, -0.1) is 0 Å². The molecule has 1 fully saturated rings. The van der Waals surface area contributed by atoms with Gasteiger partial charge in [-0.2, -0.15) is 0 Å². The molecule has 88 valence electrons. The number of nitrogens with one attached hydrogen (secondary N) is 1. The van der Waals surface area contributed by atoms with Crippen LogP contribution in [0.25, 0.3) is 0 Å². The van der Waals surface area contributed by atoms with Gasteiger partial charge in [-0.1, -0.05) is 15.9 Å². The Morgan fingerprint density at radius 2 is 2.38 bits per heavy atom. The van der Waals surface area contributed by atoms with Crippen molar-refractivity contribution in [2.24, 2.45) is 0 Å². The van der Waals surface area contributed by atoms with E-state index in [9.17, 15) is 4.39 Å². The highest BCUT2D eigenvalue weighted by molar-refractivity contribution is 9.10. The second-order valence-corrected chi connectivity index (χ2v) is 4.49. The number of morpholine rings is 1. The van der Waals surface area contributed by atoms with Crippen molar-refractivity contribution in [1.82, 2.24) is 5.32 Å². The van der Waals surface area contributed by atoms with E-state index in [1.54, 1.807) is 12.1 Å². The Bertz CT molecular complexity index is 380. The van der Waals surface area contributed by atoms with E-state index in [-0.39, 0.29) is 17.7 Å². The van der Waals surface area contributed by atoms with Gasteiger partial charge in [0.05, 0.1) is 19.8 Å². The summed E-state index contributed by atoms with van der Waals surface area (Å²) in [6.45, 7) is 2.03. The number of rotatable bonds is 2. The lowest BCUT2D eigenvalue weighted by Gasteiger charge is -2.24. The highest BCUT2D eigenvalue weighted by Crippen LogP contribution is 2.31. The molecule has 5 heteroatoms. The monoisotopic (exact) mass is 289 g/mol. The fraction of sp³-hybridized carbons (Fsp3) is 0.455. The molecule has 16 heavy (non-hydrogen) atoms. The lowest BCUT2D eigenvalue weighted by molar-refractivity contribution is 0.0252. The van der Waals surface area contributed by atoms with Gasteiger partial charge in [0.1, 0.15) is 0 Å². The molecule has 1 aliphatic rings. The van der Waals surface area contributed by atoms with E-state index in [0.717, 1.165) is 11.0 Å². The third-order valence-corrected chi connectivity index (χ3v) is 2.98. The van der Waals surface area contributed by atoms with Gasteiger partial charge in [0.2, 0.25) is 0 Å². The Hall–Kier alpha value is -0.650. The van der Waals surface area contributed by atoms with Gasteiger partial charge in [0.25, 0.3) is 0 Å². The van der Waals surface area contributed by atoms with Gasteiger partial charge in [0, 0.05) is 23.1 Å². The van der Waals surface area contributed by atoms with Crippen LogP contribution in [0.1, 0.15) is 11.7 Å². The first-order valence-corrected chi connectivity index (χ1v) is 5.87. The number of methoxy groups -OCH3 is 1. The van der Waals surface area contributed by atoms with Crippen LogP contribution in [-0.4, -0.2) is 26.8 Å². The second-order valence-electron chi connectivity index (χ2n) is 3.57. The maximum Gasteiger partial charge on any atom is 0.170 e. The van der Waals surface area contributed by atoms with E-state index in [0.29, 0.717) is 18.7 Å². The zero-order chi connectivity index (χ0) is 11.5. The lowest BCUT2D eigenvalue weighted by Crippen LogP contribution is -2.33. The smallest absolute Gasteiger partial charge is 0.170 e. The minimum absolute atomic E-state index is 0.235. The first kappa shape index (κ1) is 11.8. The highest BCUT2D eigenvalue weighted by Gasteiger charge is 2.22. The van der Waals surface area contributed by atoms with E-state index in [2.05, 4.69) is 21.2 Å². The SMILES string of the molecule is COc1cc(Br)cc(C2CNCCO2)c1F. The first-order chi connectivity index (χ1) is 7.72. The van der Waals surface area contributed by atoms with Crippen LogP contribution in [0.15, 0.2) is 16.6 Å². The first-order valence-electron chi connectivity index (χ1n) is 5.07. The molecule has 1 aromatic carbocycles. The van der Waals surface area contributed by atoms with Crippen LogP contribution in [0.5, 0.6) is 5.75 Å². The number of benzene rings is 1. The highest BCUT2D eigenvalue weighted by atomic mass is 79.9. The molecule has 1 heterocycles. The fourth-order valence-electron chi connectivity index (χ4n) is 1.73. The molecule has 0 radical (unpaired) electrons. The van der Waals surface area contributed by atoms with Crippen LogP contribution in [-0.2, 0) is 4.74 Å². The van der Waals surface area contributed by atoms with Crippen molar-refractivity contribution in [2.45, 2.75) is 6.10 Å². The van der Waals surface area contributed by atoms with Crippen molar-refractivity contribution < 1.29 is 13.9 Å². The normalized spacial score (nSPS) is 20.8. The summed E-state index contributed by atoms with van der Waals surface area (Å²) >= 11 is 3.33. The third kappa shape index (κ3) is 2.36. The average Bonchev–Trinajstić information content (AvgIpc) is 2.33. The Morgan fingerprint density at radius 1 is 1.56 bits per heavy atom. The zero-order valence-corrected chi connectivity index (χ0v) is 10.5. The maximum absolute atomic E-state index is 14.0. The van der Waals surface area contributed by atoms with Gasteiger partial charge in [-0.05, 0) is 12.1 Å². The average molecular weight is 290 g/mol. The van der Waals surface area contributed by atoms with Crippen LogP contribution in [0.4, 0.5) is 4.39 Å². The molecule has 0 aliphatic carbocycles. The van der Waals surface area contributed by atoms with Crippen LogP contribution < -0.4 is 10.1 Å². The summed E-state index contributed by atoms with van der Waals surface area (Å²) in [5.74, 6) is -0.113. The summed E-state index contributed by atoms with van der Waals surface area (Å²) in [7, 11) is 1.45. The molecule has 3 nitrogen and oxygen atoms in total. The molecule has 1 saturated heterocycles. The van der Waals surface area contributed by atoms with Crippen molar-refractivity contribution in [1.29, 1.82) is 0 Å². The van der Waals surface area contributed by atoms with Gasteiger partial charge in [-0.3, -0.25) is 0 Å². The maximum atomic E-state index is 14.0. The number of hydrogen-bond donors (Lipinski definition) is 1. The van der Waals surface area contributed by atoms with Crippen molar-refractivity contribution in [3.63, 3.8) is 0 Å². The molecule has 1 N–H and O–H groups in total. The number of halogens is 2. The molecular formula is C11H13BrFNO2.